The lowest BCUT2D eigenvalue weighted by Gasteiger charge is -2.09. The van der Waals surface area contributed by atoms with E-state index in [0.29, 0.717) is 10.6 Å². The minimum atomic E-state index is -0.807. The Bertz CT molecular complexity index is 1110. The Morgan fingerprint density at radius 3 is 2.44 bits per heavy atom. The zero-order chi connectivity index (χ0) is 19.4. The summed E-state index contributed by atoms with van der Waals surface area (Å²) in [5.74, 6) is -1.21. The molecule has 0 bridgehead atoms. The lowest BCUT2D eigenvalue weighted by Crippen LogP contribution is -2.40. The summed E-state index contributed by atoms with van der Waals surface area (Å²) in [5, 5.41) is 3.07. The van der Waals surface area contributed by atoms with Gasteiger partial charge in [0, 0.05) is 23.3 Å². The van der Waals surface area contributed by atoms with E-state index in [9.17, 15) is 18.8 Å². The minimum absolute atomic E-state index is 0.115. The smallest absolute Gasteiger partial charge is 0.328 e. The van der Waals surface area contributed by atoms with Gasteiger partial charge in [-0.05, 0) is 17.7 Å². The minimum Gasteiger partial charge on any atom is -0.348 e. The number of amides is 1. The van der Waals surface area contributed by atoms with Crippen LogP contribution in [0.1, 0.15) is 21.5 Å². The SMILES string of the molecule is O=C(NCc1ccccc1Cl)c1c[nH]c(=O)n(Cc2ccccc2F)c1=O. The Morgan fingerprint density at radius 1 is 1.07 bits per heavy atom. The molecule has 2 N–H and O–H groups in total. The highest BCUT2D eigenvalue weighted by molar-refractivity contribution is 6.31. The zero-order valence-electron chi connectivity index (χ0n) is 14.0. The molecule has 0 aliphatic carbocycles. The van der Waals surface area contributed by atoms with Gasteiger partial charge in [-0.15, -0.1) is 0 Å². The normalized spacial score (nSPS) is 10.6. The molecule has 3 rings (SSSR count). The van der Waals surface area contributed by atoms with Crippen LogP contribution in [0.25, 0.3) is 0 Å². The van der Waals surface area contributed by atoms with Gasteiger partial charge in [0.1, 0.15) is 11.4 Å². The lowest BCUT2D eigenvalue weighted by molar-refractivity contribution is 0.0948. The van der Waals surface area contributed by atoms with Gasteiger partial charge >= 0.3 is 5.69 Å². The highest BCUT2D eigenvalue weighted by Crippen LogP contribution is 2.14. The molecule has 0 radical (unpaired) electrons. The maximum Gasteiger partial charge on any atom is 0.328 e. The third kappa shape index (κ3) is 4.15. The van der Waals surface area contributed by atoms with E-state index in [0.717, 1.165) is 10.8 Å². The summed E-state index contributed by atoms with van der Waals surface area (Å²) in [7, 11) is 0. The molecule has 8 heteroatoms. The van der Waals surface area contributed by atoms with E-state index >= 15 is 0 Å². The van der Waals surface area contributed by atoms with Crippen molar-refractivity contribution < 1.29 is 9.18 Å². The zero-order valence-corrected chi connectivity index (χ0v) is 14.8. The van der Waals surface area contributed by atoms with E-state index in [1.165, 1.54) is 18.2 Å². The molecule has 1 aromatic heterocycles. The van der Waals surface area contributed by atoms with Crippen molar-refractivity contribution in [2.75, 3.05) is 0 Å². The number of nitrogens with zero attached hydrogens (tertiary/aromatic N) is 1. The van der Waals surface area contributed by atoms with Crippen molar-refractivity contribution in [1.82, 2.24) is 14.9 Å². The second-order valence-electron chi connectivity index (χ2n) is 5.76. The number of halogens is 2. The molecule has 6 nitrogen and oxygen atoms in total. The van der Waals surface area contributed by atoms with Gasteiger partial charge in [0.05, 0.1) is 6.54 Å². The van der Waals surface area contributed by atoms with Crippen LogP contribution < -0.4 is 16.6 Å². The van der Waals surface area contributed by atoms with E-state index in [2.05, 4.69) is 10.3 Å². The number of nitrogens with one attached hydrogen (secondary N) is 2. The van der Waals surface area contributed by atoms with Crippen LogP contribution in [0.4, 0.5) is 4.39 Å². The topological polar surface area (TPSA) is 84.0 Å². The fourth-order valence-electron chi connectivity index (χ4n) is 2.53. The van der Waals surface area contributed by atoms with Crippen LogP contribution in [-0.4, -0.2) is 15.5 Å². The van der Waals surface area contributed by atoms with E-state index < -0.39 is 23.0 Å². The molecule has 0 aliphatic heterocycles. The Labute approximate surface area is 158 Å². The van der Waals surface area contributed by atoms with E-state index in [-0.39, 0.29) is 24.2 Å². The van der Waals surface area contributed by atoms with Gasteiger partial charge in [-0.2, -0.15) is 0 Å². The molecule has 0 aliphatic rings. The average molecular weight is 388 g/mol. The maximum absolute atomic E-state index is 13.8. The van der Waals surface area contributed by atoms with Crippen LogP contribution in [0, 0.1) is 5.82 Å². The monoisotopic (exact) mass is 387 g/mol. The Kier molecular flexibility index (Phi) is 5.52. The number of H-pyrrole nitrogens is 1. The highest BCUT2D eigenvalue weighted by Gasteiger charge is 2.16. The number of aromatic nitrogens is 2. The molecular formula is C19H15ClFN3O3. The van der Waals surface area contributed by atoms with Gasteiger partial charge < -0.3 is 10.3 Å². The molecule has 3 aromatic rings. The summed E-state index contributed by atoms with van der Waals surface area (Å²) in [6.07, 6.45) is 1.05. The van der Waals surface area contributed by atoms with Crippen molar-refractivity contribution in [2.45, 2.75) is 13.1 Å². The van der Waals surface area contributed by atoms with E-state index in [1.807, 2.05) is 0 Å². The number of aromatic amines is 1. The van der Waals surface area contributed by atoms with Crippen LogP contribution in [0.2, 0.25) is 5.02 Å². The molecule has 0 saturated heterocycles. The first-order valence-corrected chi connectivity index (χ1v) is 8.42. The Morgan fingerprint density at radius 2 is 1.74 bits per heavy atom. The molecule has 0 spiro atoms. The van der Waals surface area contributed by atoms with Gasteiger partial charge in [0.25, 0.3) is 11.5 Å². The molecule has 0 unspecified atom stereocenters. The summed E-state index contributed by atoms with van der Waals surface area (Å²) in [6, 6.07) is 12.8. The lowest BCUT2D eigenvalue weighted by atomic mass is 10.2. The average Bonchev–Trinajstić information content (AvgIpc) is 2.65. The molecule has 0 fully saturated rings. The molecule has 2 aromatic carbocycles. The Balaban J connectivity index is 1.85. The summed E-state index contributed by atoms with van der Waals surface area (Å²) >= 11 is 6.04. The predicted octanol–water partition coefficient (Wildman–Crippen LogP) is 2.31. The van der Waals surface area contributed by atoms with Crippen molar-refractivity contribution in [2.24, 2.45) is 0 Å². The van der Waals surface area contributed by atoms with E-state index in [1.54, 1.807) is 30.3 Å². The molecule has 0 saturated carbocycles. The summed E-state index contributed by atoms with van der Waals surface area (Å²) < 4.78 is 14.6. The second-order valence-corrected chi connectivity index (χ2v) is 6.17. The predicted molar refractivity (Wildman–Crippen MR) is 99.4 cm³/mol. The third-order valence-electron chi connectivity index (χ3n) is 3.99. The number of rotatable bonds is 5. The highest BCUT2D eigenvalue weighted by atomic mass is 35.5. The standard InChI is InChI=1S/C19H15ClFN3O3/c20-15-7-3-1-5-12(15)9-22-17(25)14-10-23-19(27)24(18(14)26)11-13-6-2-4-8-16(13)21/h1-8,10H,9,11H2,(H,22,25)(H,23,27). The van der Waals surface area contributed by atoms with Gasteiger partial charge in [-0.1, -0.05) is 48.0 Å². The van der Waals surface area contributed by atoms with Crippen LogP contribution in [0.3, 0.4) is 0 Å². The summed E-state index contributed by atoms with van der Waals surface area (Å²) in [5.41, 5.74) is -0.940. The van der Waals surface area contributed by atoms with Crippen LogP contribution in [0.15, 0.2) is 64.3 Å². The number of hydrogen-bond donors (Lipinski definition) is 2. The largest absolute Gasteiger partial charge is 0.348 e. The number of carbonyl (C=O) groups is 1. The van der Waals surface area contributed by atoms with Crippen molar-refractivity contribution >= 4 is 17.5 Å². The van der Waals surface area contributed by atoms with Crippen molar-refractivity contribution in [3.8, 4) is 0 Å². The van der Waals surface area contributed by atoms with Gasteiger partial charge in [0.2, 0.25) is 0 Å². The van der Waals surface area contributed by atoms with Gasteiger partial charge in [-0.3, -0.25) is 14.2 Å². The number of carbonyl (C=O) groups excluding carboxylic acids is 1. The molecular weight excluding hydrogens is 373 g/mol. The van der Waals surface area contributed by atoms with Crippen molar-refractivity contribution in [3.63, 3.8) is 0 Å². The first-order valence-electron chi connectivity index (χ1n) is 8.05. The second kappa shape index (κ2) is 8.01. The van der Waals surface area contributed by atoms with Crippen LogP contribution in [-0.2, 0) is 13.1 Å². The Hall–Kier alpha value is -3.19. The fourth-order valence-corrected chi connectivity index (χ4v) is 2.73. The van der Waals surface area contributed by atoms with Crippen molar-refractivity contribution in [1.29, 1.82) is 0 Å². The number of hydrogen-bond acceptors (Lipinski definition) is 3. The molecule has 27 heavy (non-hydrogen) atoms. The van der Waals surface area contributed by atoms with Gasteiger partial charge in [0.15, 0.2) is 0 Å². The quantitative estimate of drug-likeness (QED) is 0.704. The van der Waals surface area contributed by atoms with Crippen LogP contribution >= 0.6 is 11.6 Å². The van der Waals surface area contributed by atoms with Gasteiger partial charge in [-0.25, -0.2) is 9.18 Å². The fraction of sp³-hybridized carbons (Fsp3) is 0.105. The summed E-state index contributed by atoms with van der Waals surface area (Å²) in [4.78, 5) is 39.3. The first kappa shape index (κ1) is 18.6. The molecule has 0 atom stereocenters. The van der Waals surface area contributed by atoms with Crippen molar-refractivity contribution in [3.05, 3.63) is 103 Å². The first-order chi connectivity index (χ1) is 13.0. The maximum atomic E-state index is 13.8. The molecule has 1 heterocycles. The van der Waals surface area contributed by atoms with Crippen LogP contribution in [0.5, 0.6) is 0 Å². The third-order valence-corrected chi connectivity index (χ3v) is 4.36. The molecule has 1 amide bonds. The number of benzene rings is 2. The summed E-state index contributed by atoms with van der Waals surface area (Å²) in [6.45, 7) is -0.170. The molecule has 138 valence electrons. The van der Waals surface area contributed by atoms with E-state index in [4.69, 9.17) is 11.6 Å².